The Hall–Kier alpha value is -0.110. The molecule has 0 radical (unpaired) electrons. The fourth-order valence-electron chi connectivity index (χ4n) is 6.62. The average molecular weight is 368 g/mol. The molecule has 0 aliphatic heterocycles. The number of hydrogen-bond donors (Lipinski definition) is 1. The van der Waals surface area contributed by atoms with Gasteiger partial charge in [0.05, 0.1) is 6.67 Å². The summed E-state index contributed by atoms with van der Waals surface area (Å²) < 4.78 is 14.0. The van der Waals surface area contributed by atoms with Crippen LogP contribution in [0.5, 0.6) is 0 Å². The molecule has 2 N–H and O–H groups in total. The van der Waals surface area contributed by atoms with E-state index in [1.807, 2.05) is 0 Å². The van der Waals surface area contributed by atoms with Gasteiger partial charge in [0.25, 0.3) is 0 Å². The second-order valence-electron chi connectivity index (χ2n) is 9.81. The minimum Gasteiger partial charge on any atom is -0.330 e. The molecule has 0 aromatic rings. The van der Waals surface area contributed by atoms with Crippen LogP contribution in [0.3, 0.4) is 0 Å². The van der Waals surface area contributed by atoms with Crippen LogP contribution >= 0.6 is 0 Å². The Kier molecular flexibility index (Phi) is 9.41. The zero-order valence-corrected chi connectivity index (χ0v) is 17.9. The van der Waals surface area contributed by atoms with Crippen LogP contribution in [-0.2, 0) is 0 Å². The second-order valence-corrected chi connectivity index (χ2v) is 9.81. The van der Waals surface area contributed by atoms with E-state index in [9.17, 15) is 4.39 Å². The van der Waals surface area contributed by atoms with E-state index in [-0.39, 0.29) is 18.0 Å². The first-order chi connectivity index (χ1) is 12.6. The summed E-state index contributed by atoms with van der Waals surface area (Å²) >= 11 is 0. The van der Waals surface area contributed by atoms with E-state index in [4.69, 9.17) is 5.73 Å². The maximum Gasteiger partial charge on any atom is 0.0927 e. The molecule has 2 fully saturated rings. The predicted octanol–water partition coefficient (Wildman–Crippen LogP) is 7.14. The van der Waals surface area contributed by atoms with Crippen molar-refractivity contribution >= 4 is 0 Å². The van der Waals surface area contributed by atoms with Crippen LogP contribution < -0.4 is 5.73 Å². The highest BCUT2D eigenvalue weighted by Gasteiger charge is 2.47. The molecule has 2 rings (SSSR count). The van der Waals surface area contributed by atoms with E-state index in [0.717, 1.165) is 43.1 Å². The third kappa shape index (κ3) is 5.24. The molecule has 6 unspecified atom stereocenters. The van der Waals surface area contributed by atoms with E-state index in [1.54, 1.807) is 0 Å². The first kappa shape index (κ1) is 22.2. The molecule has 1 nitrogen and oxygen atoms in total. The summed E-state index contributed by atoms with van der Waals surface area (Å²) in [6.45, 7) is 7.70. The Morgan fingerprint density at radius 2 is 1.85 bits per heavy atom. The van der Waals surface area contributed by atoms with Crippen LogP contribution in [0.1, 0.15) is 104 Å². The third-order valence-corrected chi connectivity index (χ3v) is 8.34. The van der Waals surface area contributed by atoms with Gasteiger partial charge in [-0.3, -0.25) is 4.39 Å². The number of unbranched alkanes of at least 4 members (excludes halogenated alkanes) is 2. The molecular weight excluding hydrogens is 321 g/mol. The SMILES string of the molecule is CCCCC(C)(C(CF)CCC)C1CCC2C(CCCCN)CCC2C1. The molecule has 6 atom stereocenters. The zero-order chi connectivity index (χ0) is 19.0. The van der Waals surface area contributed by atoms with Crippen molar-refractivity contribution in [2.45, 2.75) is 104 Å². The van der Waals surface area contributed by atoms with Crippen LogP contribution in [-0.4, -0.2) is 13.2 Å². The number of hydrogen-bond acceptors (Lipinski definition) is 1. The van der Waals surface area contributed by atoms with Gasteiger partial charge in [-0.1, -0.05) is 52.9 Å². The Bertz CT molecular complexity index is 384. The normalized spacial score (nSPS) is 32.2. The van der Waals surface area contributed by atoms with Gasteiger partial charge >= 0.3 is 0 Å². The first-order valence-electron chi connectivity index (χ1n) is 11.9. The van der Waals surface area contributed by atoms with Crippen molar-refractivity contribution in [3.63, 3.8) is 0 Å². The minimum absolute atomic E-state index is 0.111. The summed E-state index contributed by atoms with van der Waals surface area (Å²) in [6, 6.07) is 0. The maximum atomic E-state index is 14.0. The van der Waals surface area contributed by atoms with Crippen molar-refractivity contribution < 1.29 is 4.39 Å². The van der Waals surface area contributed by atoms with Crippen molar-refractivity contribution in [2.75, 3.05) is 13.2 Å². The van der Waals surface area contributed by atoms with Crippen molar-refractivity contribution in [2.24, 2.45) is 40.7 Å². The van der Waals surface area contributed by atoms with Crippen molar-refractivity contribution in [1.82, 2.24) is 0 Å². The van der Waals surface area contributed by atoms with Gasteiger partial charge in [-0.05, 0) is 92.9 Å². The molecule has 0 amide bonds. The molecule has 2 aliphatic rings. The smallest absolute Gasteiger partial charge is 0.0927 e. The van der Waals surface area contributed by atoms with E-state index >= 15 is 0 Å². The fraction of sp³-hybridized carbons (Fsp3) is 1.00. The van der Waals surface area contributed by atoms with Crippen LogP contribution in [0.4, 0.5) is 4.39 Å². The van der Waals surface area contributed by atoms with Gasteiger partial charge in [0, 0.05) is 0 Å². The van der Waals surface area contributed by atoms with Gasteiger partial charge in [-0.2, -0.15) is 0 Å². The van der Waals surface area contributed by atoms with Crippen LogP contribution in [0.15, 0.2) is 0 Å². The Labute approximate surface area is 163 Å². The van der Waals surface area contributed by atoms with E-state index in [1.165, 1.54) is 70.6 Å². The number of nitrogens with two attached hydrogens (primary N) is 1. The molecule has 2 saturated carbocycles. The first-order valence-corrected chi connectivity index (χ1v) is 11.9. The summed E-state index contributed by atoms with van der Waals surface area (Å²) in [5, 5.41) is 0. The van der Waals surface area contributed by atoms with Crippen molar-refractivity contribution in [3.05, 3.63) is 0 Å². The van der Waals surface area contributed by atoms with Gasteiger partial charge in [0.1, 0.15) is 0 Å². The highest BCUT2D eigenvalue weighted by atomic mass is 19.1. The topological polar surface area (TPSA) is 26.0 Å². The highest BCUT2D eigenvalue weighted by Crippen LogP contribution is 2.56. The lowest BCUT2D eigenvalue weighted by atomic mass is 9.57. The lowest BCUT2D eigenvalue weighted by molar-refractivity contribution is 0.00362. The van der Waals surface area contributed by atoms with Gasteiger partial charge in [-0.15, -0.1) is 0 Å². The standard InChI is InChI=1S/C24H46FN/c1-4-6-15-24(3,22(18-25)9-5-2)21-13-14-23-19(10-7-8-16-26)11-12-20(23)17-21/h19-23H,4-18,26H2,1-3H3. The molecule has 2 heteroatoms. The average Bonchev–Trinajstić information content (AvgIpc) is 3.06. The molecular formula is C24H46FN. The number of rotatable bonds is 12. The summed E-state index contributed by atoms with van der Waals surface area (Å²) in [5.41, 5.74) is 5.91. The molecule has 0 aromatic heterocycles. The van der Waals surface area contributed by atoms with Gasteiger partial charge in [-0.25, -0.2) is 0 Å². The molecule has 0 bridgehead atoms. The summed E-state index contributed by atoms with van der Waals surface area (Å²) in [6.07, 6.45) is 16.9. The third-order valence-electron chi connectivity index (χ3n) is 8.34. The van der Waals surface area contributed by atoms with Crippen LogP contribution in [0, 0.1) is 35.0 Å². The minimum atomic E-state index is -0.111. The molecule has 26 heavy (non-hydrogen) atoms. The number of halogens is 1. The largest absolute Gasteiger partial charge is 0.330 e. The van der Waals surface area contributed by atoms with Crippen molar-refractivity contribution in [1.29, 1.82) is 0 Å². The molecule has 0 aromatic carbocycles. The highest BCUT2D eigenvalue weighted by molar-refractivity contribution is 4.97. The Morgan fingerprint density at radius 1 is 1.04 bits per heavy atom. The zero-order valence-electron chi connectivity index (χ0n) is 17.9. The molecule has 0 saturated heterocycles. The molecule has 2 aliphatic carbocycles. The lowest BCUT2D eigenvalue weighted by Crippen LogP contribution is -2.41. The second kappa shape index (κ2) is 11.0. The Balaban J connectivity index is 2.01. The number of alkyl halides is 1. The van der Waals surface area contributed by atoms with E-state index in [2.05, 4.69) is 20.8 Å². The molecule has 0 spiro atoms. The summed E-state index contributed by atoms with van der Waals surface area (Å²) in [4.78, 5) is 0. The van der Waals surface area contributed by atoms with E-state index < -0.39 is 0 Å². The summed E-state index contributed by atoms with van der Waals surface area (Å²) in [5.74, 6) is 3.89. The van der Waals surface area contributed by atoms with Gasteiger partial charge in [0.15, 0.2) is 0 Å². The van der Waals surface area contributed by atoms with Crippen molar-refractivity contribution in [3.8, 4) is 0 Å². The Morgan fingerprint density at radius 3 is 2.50 bits per heavy atom. The quantitative estimate of drug-likeness (QED) is 0.364. The monoisotopic (exact) mass is 367 g/mol. The lowest BCUT2D eigenvalue weighted by Gasteiger charge is -2.48. The van der Waals surface area contributed by atoms with Crippen LogP contribution in [0.25, 0.3) is 0 Å². The summed E-state index contributed by atoms with van der Waals surface area (Å²) in [7, 11) is 0. The van der Waals surface area contributed by atoms with E-state index in [0.29, 0.717) is 0 Å². The van der Waals surface area contributed by atoms with Crippen LogP contribution in [0.2, 0.25) is 0 Å². The number of fused-ring (bicyclic) bond motifs is 1. The van der Waals surface area contributed by atoms with Gasteiger partial charge < -0.3 is 5.73 Å². The maximum absolute atomic E-state index is 14.0. The predicted molar refractivity (Wildman–Crippen MR) is 112 cm³/mol. The fourth-order valence-corrected chi connectivity index (χ4v) is 6.62. The molecule has 154 valence electrons. The van der Waals surface area contributed by atoms with Gasteiger partial charge in [0.2, 0.25) is 0 Å². The molecule has 0 heterocycles.